The zero-order valence-corrected chi connectivity index (χ0v) is 44.6. The van der Waals surface area contributed by atoms with Crippen LogP contribution in [-0.2, 0) is 59.2 Å². The van der Waals surface area contributed by atoms with Crippen LogP contribution in [0.15, 0.2) is 29.3 Å². The van der Waals surface area contributed by atoms with E-state index in [9.17, 15) is 73.2 Å². The van der Waals surface area contributed by atoms with Crippen LogP contribution in [0.3, 0.4) is 0 Å². The lowest BCUT2D eigenvalue weighted by molar-refractivity contribution is -0.143. The summed E-state index contributed by atoms with van der Waals surface area (Å²) in [6.45, 7) is 6.41. The van der Waals surface area contributed by atoms with Crippen LogP contribution in [0.4, 0.5) is 0 Å². The highest BCUT2D eigenvalue weighted by atomic mass is 32.1. The highest BCUT2D eigenvalue weighted by Gasteiger charge is 2.41. The average Bonchev–Trinajstić information content (AvgIpc) is 3.86. The number of guanidine groups is 1. The van der Waals surface area contributed by atoms with Gasteiger partial charge in [0.2, 0.25) is 47.3 Å². The van der Waals surface area contributed by atoms with Crippen LogP contribution in [0.25, 0.3) is 0 Å². The Morgan fingerprint density at radius 2 is 1.17 bits per heavy atom. The molecule has 0 spiro atoms. The third-order valence-corrected chi connectivity index (χ3v) is 13.1. The van der Waals surface area contributed by atoms with Crippen molar-refractivity contribution in [3.63, 3.8) is 0 Å². The lowest BCUT2D eigenvalue weighted by Gasteiger charge is -2.31. The van der Waals surface area contributed by atoms with E-state index in [2.05, 4.69) is 67.5 Å². The van der Waals surface area contributed by atoms with Gasteiger partial charge in [0.15, 0.2) is 5.96 Å². The normalized spacial score (nSPS) is 16.6. The van der Waals surface area contributed by atoms with E-state index in [1.807, 2.05) is 0 Å². The number of carboxylic acids is 3. The summed E-state index contributed by atoms with van der Waals surface area (Å²) in [7, 11) is 0. The first-order chi connectivity index (χ1) is 35.7. The Labute approximate surface area is 450 Å². The molecule has 1 fully saturated rings. The van der Waals surface area contributed by atoms with Crippen molar-refractivity contribution in [1.29, 1.82) is 0 Å². The number of carbonyl (C=O) groups is 11. The number of nitrogens with two attached hydrogens (primary N) is 3. The SMILES string of the molecule is CC[C@H](C)[C@H](NC(=O)[C@H](CCC(=O)O)NC(=O)[C@@H](NC(=O)[C@H](CCC(=O)O)NC(=O)[C@@H]1CCCN1C(=O)[C@H](Cc1ccc(O)cc1)NC(=O)[C@H](CCCN=C(N)N)NC(=O)[C@@H](N)CS)C(C)C)C(=O)N[C@@H](CS)C(=O)O. The number of phenols is 1. The first kappa shape index (κ1) is 65.2. The van der Waals surface area contributed by atoms with Crippen molar-refractivity contribution in [2.75, 3.05) is 24.6 Å². The molecule has 17 N–H and O–H groups in total. The molecule has 29 heteroatoms. The predicted molar refractivity (Wildman–Crippen MR) is 281 cm³/mol. The fraction of sp³-hybridized carbons (Fsp3) is 0.617. The molecule has 2 rings (SSSR count). The van der Waals surface area contributed by atoms with Crippen LogP contribution in [0.2, 0.25) is 0 Å². The lowest BCUT2D eigenvalue weighted by Crippen LogP contribution is -2.61. The molecule has 0 radical (unpaired) electrons. The number of likely N-dealkylation sites (tertiary alicyclic amines) is 1. The standard InChI is InChI=1S/C47H74N12O15S2/c1-5-24(4)37(44(71)56-32(22-76)46(73)74)58-41(68)30(15-17-35(63)64)54-43(70)36(23(2)3)57-40(67)29(14-16-34(61)62)53-42(69)33-9-7-19-59(33)45(72)31(20-25-10-12-26(60)13-11-25)55-39(66)28(8-6-18-51-47(49)50)52-38(65)27(48)21-75/h10-13,23-24,27-33,36-37,60,75-76H,5-9,14-22,48H2,1-4H3,(H,52,65)(H,53,69)(H,54,70)(H,55,66)(H,56,71)(H,57,67)(H,58,68)(H,61,62)(H,63,64)(H,73,74)(H4,49,50,51)/t24-,27-,28-,29-,30-,31-,32-,33-,36-,37-/m0/s1. The van der Waals surface area contributed by atoms with E-state index < -0.39 is 157 Å². The first-order valence-electron chi connectivity index (χ1n) is 24.6. The fourth-order valence-corrected chi connectivity index (χ4v) is 8.18. The number of nitrogens with zero attached hydrogens (tertiary/aromatic N) is 2. The van der Waals surface area contributed by atoms with E-state index in [0.29, 0.717) is 12.0 Å². The van der Waals surface area contributed by atoms with Gasteiger partial charge in [-0.2, -0.15) is 25.3 Å². The van der Waals surface area contributed by atoms with Gasteiger partial charge in [-0.15, -0.1) is 0 Å². The van der Waals surface area contributed by atoms with Gasteiger partial charge in [-0.05, 0) is 68.1 Å². The quantitative estimate of drug-likeness (QED) is 0.0145. The van der Waals surface area contributed by atoms with E-state index in [4.69, 9.17) is 17.2 Å². The second-order valence-corrected chi connectivity index (χ2v) is 19.3. The minimum absolute atomic E-state index is 0.00369. The van der Waals surface area contributed by atoms with Crippen molar-refractivity contribution >= 4 is 96.4 Å². The molecule has 424 valence electrons. The second kappa shape index (κ2) is 32.5. The summed E-state index contributed by atoms with van der Waals surface area (Å²) in [6, 6.07) is -6.79. The third-order valence-electron chi connectivity index (χ3n) is 12.3. The number of aliphatic imine (C=N–C) groups is 1. The maximum absolute atomic E-state index is 14.6. The van der Waals surface area contributed by atoms with Crippen LogP contribution < -0.4 is 54.4 Å². The number of carbonyl (C=O) groups excluding carboxylic acids is 8. The molecule has 27 nitrogen and oxygen atoms in total. The van der Waals surface area contributed by atoms with Crippen LogP contribution in [0.5, 0.6) is 5.75 Å². The molecular weight excluding hydrogens is 1040 g/mol. The summed E-state index contributed by atoms with van der Waals surface area (Å²) in [5.41, 5.74) is 17.2. The molecule has 0 aliphatic carbocycles. The number of thiol groups is 2. The van der Waals surface area contributed by atoms with Crippen molar-refractivity contribution in [3.05, 3.63) is 29.8 Å². The number of benzene rings is 1. The summed E-state index contributed by atoms with van der Waals surface area (Å²) in [4.78, 5) is 151. The summed E-state index contributed by atoms with van der Waals surface area (Å²) >= 11 is 8.00. The number of phenolic OH excluding ortho intramolecular Hbond substituents is 1. The molecule has 0 aromatic heterocycles. The molecule has 1 saturated heterocycles. The van der Waals surface area contributed by atoms with Crippen LogP contribution in [0.1, 0.15) is 91.0 Å². The van der Waals surface area contributed by atoms with E-state index in [0.717, 1.165) is 0 Å². The molecule has 1 aliphatic rings. The summed E-state index contributed by atoms with van der Waals surface area (Å²) in [6.07, 6.45) is -1.62. The Hall–Kier alpha value is -6.88. The first-order valence-corrected chi connectivity index (χ1v) is 25.9. The van der Waals surface area contributed by atoms with Gasteiger partial charge in [0.05, 0.1) is 6.04 Å². The molecule has 10 atom stereocenters. The van der Waals surface area contributed by atoms with Gasteiger partial charge in [-0.1, -0.05) is 46.2 Å². The monoisotopic (exact) mass is 1110 g/mol. The van der Waals surface area contributed by atoms with Gasteiger partial charge >= 0.3 is 17.9 Å². The van der Waals surface area contributed by atoms with Crippen molar-refractivity contribution in [1.82, 2.24) is 42.1 Å². The second-order valence-electron chi connectivity index (χ2n) is 18.6. The van der Waals surface area contributed by atoms with Crippen LogP contribution in [0, 0.1) is 11.8 Å². The van der Waals surface area contributed by atoms with Crippen molar-refractivity contribution in [2.24, 2.45) is 34.0 Å². The molecular formula is C47H74N12O15S2. The van der Waals surface area contributed by atoms with Gasteiger partial charge in [-0.3, -0.25) is 52.9 Å². The Balaban J connectivity index is 2.45. The molecule has 0 bridgehead atoms. The summed E-state index contributed by atoms with van der Waals surface area (Å²) < 4.78 is 0. The Kier molecular flexibility index (Phi) is 27.9. The molecule has 1 heterocycles. The summed E-state index contributed by atoms with van der Waals surface area (Å²) in [5, 5.41) is 56.0. The number of amides is 8. The van der Waals surface area contributed by atoms with Gasteiger partial charge in [0.1, 0.15) is 54.1 Å². The highest BCUT2D eigenvalue weighted by Crippen LogP contribution is 2.22. The fourth-order valence-electron chi connectivity index (χ4n) is 7.77. The van der Waals surface area contributed by atoms with Crippen molar-refractivity contribution < 1.29 is 73.2 Å². The zero-order valence-electron chi connectivity index (χ0n) is 42.9. The molecule has 8 amide bonds. The van der Waals surface area contributed by atoms with Gasteiger partial charge in [-0.25, -0.2) is 4.79 Å². The van der Waals surface area contributed by atoms with Crippen molar-refractivity contribution in [3.8, 4) is 5.75 Å². The number of hydrogen-bond donors (Lipinski definition) is 16. The Bertz CT molecular complexity index is 2240. The van der Waals surface area contributed by atoms with E-state index >= 15 is 0 Å². The molecule has 0 unspecified atom stereocenters. The van der Waals surface area contributed by atoms with Gasteiger partial charge < -0.3 is 79.7 Å². The highest BCUT2D eigenvalue weighted by molar-refractivity contribution is 7.80. The topological polar surface area (TPSA) is 447 Å². The molecule has 0 saturated carbocycles. The van der Waals surface area contributed by atoms with Crippen LogP contribution >= 0.6 is 25.3 Å². The number of aromatic hydroxyl groups is 1. The lowest BCUT2D eigenvalue weighted by atomic mass is 9.97. The van der Waals surface area contributed by atoms with E-state index in [-0.39, 0.29) is 68.4 Å². The minimum Gasteiger partial charge on any atom is -0.508 e. The molecule has 1 aliphatic heterocycles. The van der Waals surface area contributed by atoms with E-state index in [1.165, 1.54) is 43.0 Å². The largest absolute Gasteiger partial charge is 0.508 e. The number of carboxylic acid groups (broad SMARTS) is 3. The maximum Gasteiger partial charge on any atom is 0.327 e. The van der Waals surface area contributed by atoms with Gasteiger partial charge in [0.25, 0.3) is 0 Å². The number of aliphatic carboxylic acids is 3. The number of nitrogens with one attached hydrogen (secondary N) is 7. The molecule has 1 aromatic rings. The van der Waals surface area contributed by atoms with Crippen molar-refractivity contribution in [2.45, 2.75) is 146 Å². The smallest absolute Gasteiger partial charge is 0.327 e. The zero-order chi connectivity index (χ0) is 57.4. The van der Waals surface area contributed by atoms with Crippen LogP contribution in [-0.4, -0.2) is 175 Å². The minimum atomic E-state index is -1.64. The third kappa shape index (κ3) is 21.8. The number of hydrogen-bond acceptors (Lipinski definition) is 16. The molecule has 1 aromatic carbocycles. The Morgan fingerprint density at radius 1 is 0.671 bits per heavy atom. The van der Waals surface area contributed by atoms with Gasteiger partial charge in [0, 0.05) is 43.9 Å². The Morgan fingerprint density at radius 3 is 1.68 bits per heavy atom. The molecule has 76 heavy (non-hydrogen) atoms. The van der Waals surface area contributed by atoms with E-state index in [1.54, 1.807) is 13.8 Å². The summed E-state index contributed by atoms with van der Waals surface area (Å²) in [5.74, 6) is -13.1. The average molecular weight is 1110 g/mol. The predicted octanol–water partition coefficient (Wildman–Crippen LogP) is -2.92. The maximum atomic E-state index is 14.6. The number of rotatable bonds is 33.